The SMILES string of the molecule is COCc1ccc(OC)c(OC)c1C(C)(C)CO. The molecule has 0 saturated heterocycles. The lowest BCUT2D eigenvalue weighted by molar-refractivity contribution is 0.176. The van der Waals surface area contributed by atoms with Gasteiger partial charge in [-0.3, -0.25) is 0 Å². The van der Waals surface area contributed by atoms with Crippen molar-refractivity contribution >= 4 is 0 Å². The van der Waals surface area contributed by atoms with Crippen molar-refractivity contribution in [3.8, 4) is 11.5 Å². The van der Waals surface area contributed by atoms with E-state index in [4.69, 9.17) is 14.2 Å². The minimum Gasteiger partial charge on any atom is -0.493 e. The number of ether oxygens (including phenoxy) is 3. The maximum atomic E-state index is 9.59. The average Bonchev–Trinajstić information content (AvgIpc) is 2.38. The van der Waals surface area contributed by atoms with Crippen molar-refractivity contribution in [2.45, 2.75) is 25.9 Å². The Morgan fingerprint density at radius 2 is 1.78 bits per heavy atom. The van der Waals surface area contributed by atoms with Crippen molar-refractivity contribution in [3.63, 3.8) is 0 Å². The molecule has 18 heavy (non-hydrogen) atoms. The maximum Gasteiger partial charge on any atom is 0.164 e. The van der Waals surface area contributed by atoms with Crippen LogP contribution in [0.25, 0.3) is 0 Å². The molecule has 0 radical (unpaired) electrons. The number of hydrogen-bond donors (Lipinski definition) is 1. The third kappa shape index (κ3) is 2.76. The maximum absolute atomic E-state index is 9.59. The highest BCUT2D eigenvalue weighted by molar-refractivity contribution is 5.54. The van der Waals surface area contributed by atoms with Crippen molar-refractivity contribution in [1.29, 1.82) is 0 Å². The molecule has 102 valence electrons. The van der Waals surface area contributed by atoms with Crippen molar-refractivity contribution in [1.82, 2.24) is 0 Å². The monoisotopic (exact) mass is 254 g/mol. The van der Waals surface area contributed by atoms with Crippen LogP contribution in [0, 0.1) is 0 Å². The zero-order chi connectivity index (χ0) is 13.8. The van der Waals surface area contributed by atoms with Gasteiger partial charge in [0.05, 0.1) is 27.4 Å². The molecule has 0 saturated carbocycles. The Kier molecular flexibility index (Phi) is 4.99. The predicted molar refractivity (Wildman–Crippen MR) is 70.4 cm³/mol. The van der Waals surface area contributed by atoms with Gasteiger partial charge in [0, 0.05) is 18.1 Å². The van der Waals surface area contributed by atoms with E-state index < -0.39 is 5.41 Å². The van der Waals surface area contributed by atoms with Gasteiger partial charge in [0.25, 0.3) is 0 Å². The lowest BCUT2D eigenvalue weighted by Gasteiger charge is -2.28. The van der Waals surface area contributed by atoms with E-state index in [1.807, 2.05) is 26.0 Å². The average molecular weight is 254 g/mol. The third-order valence-corrected chi connectivity index (χ3v) is 3.00. The molecule has 0 aliphatic heterocycles. The van der Waals surface area contributed by atoms with Gasteiger partial charge in [0.1, 0.15) is 0 Å². The highest BCUT2D eigenvalue weighted by Gasteiger charge is 2.29. The van der Waals surface area contributed by atoms with Crippen LogP contribution in [0.4, 0.5) is 0 Å². The third-order valence-electron chi connectivity index (χ3n) is 3.00. The number of aliphatic hydroxyl groups excluding tert-OH is 1. The van der Waals surface area contributed by atoms with E-state index >= 15 is 0 Å². The molecule has 0 bridgehead atoms. The molecule has 0 aromatic heterocycles. The van der Waals surface area contributed by atoms with Crippen molar-refractivity contribution in [3.05, 3.63) is 23.3 Å². The summed E-state index contributed by atoms with van der Waals surface area (Å²) in [6.45, 7) is 4.42. The molecule has 1 N–H and O–H groups in total. The van der Waals surface area contributed by atoms with Gasteiger partial charge in [0.2, 0.25) is 0 Å². The topological polar surface area (TPSA) is 47.9 Å². The predicted octanol–water partition coefficient (Wildman–Crippen LogP) is 2.12. The van der Waals surface area contributed by atoms with Crippen LogP contribution in [-0.2, 0) is 16.8 Å². The van der Waals surface area contributed by atoms with Crippen LogP contribution in [0.5, 0.6) is 11.5 Å². The van der Waals surface area contributed by atoms with Gasteiger partial charge >= 0.3 is 0 Å². The molecule has 1 aromatic carbocycles. The molecule has 0 heterocycles. The molecule has 1 rings (SSSR count). The highest BCUT2D eigenvalue weighted by Crippen LogP contribution is 2.41. The fraction of sp³-hybridized carbons (Fsp3) is 0.571. The Morgan fingerprint density at radius 3 is 2.22 bits per heavy atom. The molecule has 0 aliphatic carbocycles. The van der Waals surface area contributed by atoms with Crippen LogP contribution in [0.15, 0.2) is 12.1 Å². The van der Waals surface area contributed by atoms with Gasteiger partial charge in [-0.25, -0.2) is 0 Å². The van der Waals surface area contributed by atoms with E-state index in [1.165, 1.54) is 0 Å². The van der Waals surface area contributed by atoms with E-state index in [0.29, 0.717) is 18.1 Å². The molecule has 0 unspecified atom stereocenters. The van der Waals surface area contributed by atoms with Crippen LogP contribution in [0.1, 0.15) is 25.0 Å². The molecule has 0 aliphatic rings. The quantitative estimate of drug-likeness (QED) is 0.844. The lowest BCUT2D eigenvalue weighted by Crippen LogP contribution is -2.25. The number of aliphatic hydroxyl groups is 1. The molecule has 1 aromatic rings. The molecule has 4 nitrogen and oxygen atoms in total. The highest BCUT2D eigenvalue weighted by atomic mass is 16.5. The van der Waals surface area contributed by atoms with E-state index in [0.717, 1.165) is 11.1 Å². The van der Waals surface area contributed by atoms with Crippen LogP contribution >= 0.6 is 0 Å². The second-order valence-corrected chi connectivity index (χ2v) is 4.81. The number of rotatable bonds is 6. The van der Waals surface area contributed by atoms with Gasteiger partial charge in [-0.15, -0.1) is 0 Å². The van der Waals surface area contributed by atoms with E-state index in [9.17, 15) is 5.11 Å². The molecule has 0 fully saturated rings. The molecular formula is C14H22O4. The Bertz CT molecular complexity index is 399. The normalized spacial score (nSPS) is 11.4. The second-order valence-electron chi connectivity index (χ2n) is 4.81. The first-order chi connectivity index (χ1) is 8.51. The van der Waals surface area contributed by atoms with Crippen LogP contribution in [0.2, 0.25) is 0 Å². The number of benzene rings is 1. The molecule has 4 heteroatoms. The standard InChI is InChI=1S/C14H22O4/c1-14(2,9-15)12-10(8-16-3)6-7-11(17-4)13(12)18-5/h6-7,15H,8-9H2,1-5H3. The van der Waals surface area contributed by atoms with Crippen molar-refractivity contribution in [2.24, 2.45) is 0 Å². The minimum absolute atomic E-state index is 0.0211. The summed E-state index contributed by atoms with van der Waals surface area (Å²) in [6, 6.07) is 3.79. The number of methoxy groups -OCH3 is 3. The van der Waals surface area contributed by atoms with E-state index in [2.05, 4.69) is 0 Å². The van der Waals surface area contributed by atoms with Crippen LogP contribution in [0.3, 0.4) is 0 Å². The first-order valence-corrected chi connectivity index (χ1v) is 5.86. The molecule has 0 atom stereocenters. The van der Waals surface area contributed by atoms with Gasteiger partial charge in [-0.2, -0.15) is 0 Å². The Hall–Kier alpha value is -1.26. The van der Waals surface area contributed by atoms with Gasteiger partial charge in [0.15, 0.2) is 11.5 Å². The van der Waals surface area contributed by atoms with Crippen molar-refractivity contribution in [2.75, 3.05) is 27.9 Å². The fourth-order valence-corrected chi connectivity index (χ4v) is 2.06. The Balaban J connectivity index is 3.48. The smallest absolute Gasteiger partial charge is 0.164 e. The summed E-state index contributed by atoms with van der Waals surface area (Å²) >= 11 is 0. The summed E-state index contributed by atoms with van der Waals surface area (Å²) in [6.07, 6.45) is 0. The first-order valence-electron chi connectivity index (χ1n) is 5.86. The summed E-state index contributed by atoms with van der Waals surface area (Å²) in [5, 5.41) is 9.59. The summed E-state index contributed by atoms with van der Waals surface area (Å²) in [5.41, 5.74) is 1.50. The largest absolute Gasteiger partial charge is 0.493 e. The van der Waals surface area contributed by atoms with Gasteiger partial charge in [-0.1, -0.05) is 19.9 Å². The second kappa shape index (κ2) is 6.07. The first kappa shape index (κ1) is 14.8. The van der Waals surface area contributed by atoms with E-state index in [-0.39, 0.29) is 6.61 Å². The van der Waals surface area contributed by atoms with Gasteiger partial charge in [-0.05, 0) is 11.6 Å². The Morgan fingerprint density at radius 1 is 1.11 bits per heavy atom. The van der Waals surface area contributed by atoms with Crippen LogP contribution in [-0.4, -0.2) is 33.0 Å². The summed E-state index contributed by atoms with van der Waals surface area (Å²) in [7, 11) is 4.85. The van der Waals surface area contributed by atoms with Crippen molar-refractivity contribution < 1.29 is 19.3 Å². The van der Waals surface area contributed by atoms with E-state index in [1.54, 1.807) is 21.3 Å². The Labute approximate surface area is 108 Å². The lowest BCUT2D eigenvalue weighted by atomic mass is 9.81. The summed E-state index contributed by atoms with van der Waals surface area (Å²) < 4.78 is 16.0. The summed E-state index contributed by atoms with van der Waals surface area (Å²) in [4.78, 5) is 0. The summed E-state index contributed by atoms with van der Waals surface area (Å²) in [5.74, 6) is 1.32. The zero-order valence-electron chi connectivity index (χ0n) is 11.7. The van der Waals surface area contributed by atoms with Gasteiger partial charge < -0.3 is 19.3 Å². The molecular weight excluding hydrogens is 232 g/mol. The zero-order valence-corrected chi connectivity index (χ0v) is 11.7. The number of hydrogen-bond acceptors (Lipinski definition) is 4. The minimum atomic E-state index is -0.423. The fourth-order valence-electron chi connectivity index (χ4n) is 2.06. The van der Waals surface area contributed by atoms with Crippen LogP contribution < -0.4 is 9.47 Å². The molecule has 0 spiro atoms. The molecule has 0 amide bonds.